The van der Waals surface area contributed by atoms with Gasteiger partial charge in [-0.3, -0.25) is 9.59 Å². The van der Waals surface area contributed by atoms with Crippen molar-refractivity contribution in [1.82, 2.24) is 14.7 Å². The lowest BCUT2D eigenvalue weighted by Crippen LogP contribution is -2.51. The predicted octanol–water partition coefficient (Wildman–Crippen LogP) is 1.84. The third kappa shape index (κ3) is 4.77. The largest absolute Gasteiger partial charge is 0.339 e. The number of nitrogens with zero attached hydrogens (tertiary/aromatic N) is 3. The van der Waals surface area contributed by atoms with Gasteiger partial charge < -0.3 is 14.7 Å². The van der Waals surface area contributed by atoms with E-state index in [0.29, 0.717) is 38.2 Å². The van der Waals surface area contributed by atoms with E-state index < -0.39 is 0 Å². The molecular weight excluding hydrogens is 309 g/mol. The summed E-state index contributed by atoms with van der Waals surface area (Å²) in [5.74, 6) is -0.309. The van der Waals surface area contributed by atoms with Crippen LogP contribution < -0.4 is 0 Å². The van der Waals surface area contributed by atoms with Crippen molar-refractivity contribution >= 4 is 11.8 Å². The van der Waals surface area contributed by atoms with Crippen molar-refractivity contribution in [2.24, 2.45) is 0 Å². The molecule has 132 valence electrons. The molecule has 0 atom stereocenters. The second-order valence-electron chi connectivity index (χ2n) is 5.96. The molecule has 1 aromatic rings. The maximum Gasteiger partial charge on any atom is 0.253 e. The van der Waals surface area contributed by atoms with Gasteiger partial charge in [0.05, 0.1) is 0 Å². The van der Waals surface area contributed by atoms with Crippen LogP contribution in [0.1, 0.15) is 30.6 Å². The molecule has 1 aliphatic rings. The molecule has 1 fully saturated rings. The molecule has 6 heteroatoms. The molecule has 2 rings (SSSR count). The first-order valence-electron chi connectivity index (χ1n) is 8.60. The van der Waals surface area contributed by atoms with Crippen LogP contribution >= 0.6 is 0 Å². The first kappa shape index (κ1) is 18.4. The monoisotopic (exact) mass is 335 g/mol. The maximum atomic E-state index is 12.9. The number of piperazine rings is 1. The van der Waals surface area contributed by atoms with Crippen molar-refractivity contribution in [3.05, 3.63) is 35.6 Å². The molecule has 0 radical (unpaired) electrons. The zero-order valence-corrected chi connectivity index (χ0v) is 14.5. The molecule has 0 N–H and O–H groups in total. The van der Waals surface area contributed by atoms with Crippen LogP contribution in [0.25, 0.3) is 0 Å². The quantitative estimate of drug-likeness (QED) is 0.797. The predicted molar refractivity (Wildman–Crippen MR) is 91.3 cm³/mol. The van der Waals surface area contributed by atoms with Gasteiger partial charge in [-0.05, 0) is 37.4 Å². The Hall–Kier alpha value is -1.95. The molecule has 0 saturated carbocycles. The Morgan fingerprint density at radius 2 is 1.54 bits per heavy atom. The molecule has 0 bridgehead atoms. The molecular formula is C18H26FN3O2. The van der Waals surface area contributed by atoms with E-state index in [4.69, 9.17) is 0 Å². The SMILES string of the molecule is CCN(CC)CCC(=O)N1CCN(C(=O)c2ccc(F)cc2)CC1. The minimum atomic E-state index is -0.352. The maximum absolute atomic E-state index is 12.9. The highest BCUT2D eigenvalue weighted by atomic mass is 19.1. The average molecular weight is 335 g/mol. The number of carbonyl (C=O) groups is 2. The normalized spacial score (nSPS) is 15.0. The number of hydrogen-bond acceptors (Lipinski definition) is 3. The van der Waals surface area contributed by atoms with E-state index in [0.717, 1.165) is 19.6 Å². The number of benzene rings is 1. The number of carbonyl (C=O) groups excluding carboxylic acids is 2. The van der Waals surface area contributed by atoms with Crippen LogP contribution in [0.3, 0.4) is 0 Å². The third-order valence-corrected chi connectivity index (χ3v) is 4.55. The highest BCUT2D eigenvalue weighted by Gasteiger charge is 2.24. The highest BCUT2D eigenvalue weighted by Crippen LogP contribution is 2.11. The summed E-state index contributed by atoms with van der Waals surface area (Å²) >= 11 is 0. The molecule has 1 aromatic carbocycles. The van der Waals surface area contributed by atoms with Crippen molar-refractivity contribution in [1.29, 1.82) is 0 Å². The van der Waals surface area contributed by atoms with Crippen molar-refractivity contribution in [2.75, 3.05) is 45.8 Å². The lowest BCUT2D eigenvalue weighted by atomic mass is 10.1. The number of hydrogen-bond donors (Lipinski definition) is 0. The standard InChI is InChI=1S/C18H26FN3O2/c1-3-20(4-2)10-9-17(23)21-11-13-22(14-12-21)18(24)15-5-7-16(19)8-6-15/h5-8H,3-4,9-14H2,1-2H3. The zero-order valence-electron chi connectivity index (χ0n) is 14.5. The van der Waals surface area contributed by atoms with Gasteiger partial charge in [-0.15, -0.1) is 0 Å². The summed E-state index contributed by atoms with van der Waals surface area (Å²) in [6.45, 7) is 9.02. The van der Waals surface area contributed by atoms with Gasteiger partial charge in [0.2, 0.25) is 5.91 Å². The first-order valence-corrected chi connectivity index (χ1v) is 8.60. The van der Waals surface area contributed by atoms with Gasteiger partial charge in [0.25, 0.3) is 5.91 Å². The van der Waals surface area contributed by atoms with Gasteiger partial charge in [-0.25, -0.2) is 4.39 Å². The second-order valence-corrected chi connectivity index (χ2v) is 5.96. The number of rotatable bonds is 6. The molecule has 1 aliphatic heterocycles. The Labute approximate surface area is 143 Å². The fourth-order valence-electron chi connectivity index (χ4n) is 2.89. The summed E-state index contributed by atoms with van der Waals surface area (Å²) in [4.78, 5) is 30.4. The summed E-state index contributed by atoms with van der Waals surface area (Å²) in [6, 6.07) is 5.58. The Balaban J connectivity index is 1.81. The van der Waals surface area contributed by atoms with E-state index in [-0.39, 0.29) is 17.6 Å². The van der Waals surface area contributed by atoms with Gasteiger partial charge >= 0.3 is 0 Å². The number of halogens is 1. The van der Waals surface area contributed by atoms with E-state index in [9.17, 15) is 14.0 Å². The van der Waals surface area contributed by atoms with Crippen molar-refractivity contribution in [3.63, 3.8) is 0 Å². The minimum Gasteiger partial charge on any atom is -0.339 e. The summed E-state index contributed by atoms with van der Waals surface area (Å²) in [7, 11) is 0. The number of amides is 2. The van der Waals surface area contributed by atoms with E-state index >= 15 is 0 Å². The van der Waals surface area contributed by atoms with Crippen molar-refractivity contribution in [3.8, 4) is 0 Å². The van der Waals surface area contributed by atoms with Crippen LogP contribution in [0.4, 0.5) is 4.39 Å². The second kappa shape index (κ2) is 8.78. The van der Waals surface area contributed by atoms with Crippen molar-refractivity contribution < 1.29 is 14.0 Å². The first-order chi connectivity index (χ1) is 11.5. The van der Waals surface area contributed by atoms with E-state index in [1.807, 2.05) is 4.90 Å². The molecule has 1 saturated heterocycles. The average Bonchev–Trinajstić information content (AvgIpc) is 2.62. The molecule has 0 aliphatic carbocycles. The lowest BCUT2D eigenvalue weighted by Gasteiger charge is -2.35. The Morgan fingerprint density at radius 1 is 1.00 bits per heavy atom. The van der Waals surface area contributed by atoms with E-state index in [1.165, 1.54) is 24.3 Å². The molecule has 1 heterocycles. The Morgan fingerprint density at radius 3 is 2.08 bits per heavy atom. The van der Waals surface area contributed by atoms with Crippen molar-refractivity contribution in [2.45, 2.75) is 20.3 Å². The van der Waals surface area contributed by atoms with Gasteiger partial charge in [0, 0.05) is 44.7 Å². The molecule has 0 aromatic heterocycles. The summed E-state index contributed by atoms with van der Waals surface area (Å²) in [6.07, 6.45) is 0.521. The molecule has 0 unspecified atom stereocenters. The fourth-order valence-corrected chi connectivity index (χ4v) is 2.89. The zero-order chi connectivity index (χ0) is 17.5. The third-order valence-electron chi connectivity index (χ3n) is 4.55. The van der Waals surface area contributed by atoms with Crippen LogP contribution in [0.5, 0.6) is 0 Å². The minimum absolute atomic E-state index is 0.106. The van der Waals surface area contributed by atoms with E-state index in [2.05, 4.69) is 18.7 Å². The lowest BCUT2D eigenvalue weighted by molar-refractivity contribution is -0.133. The van der Waals surface area contributed by atoms with Crippen LogP contribution in [0.2, 0.25) is 0 Å². The molecule has 2 amide bonds. The Kier molecular flexibility index (Phi) is 6.73. The van der Waals surface area contributed by atoms with Crippen LogP contribution in [-0.4, -0.2) is 72.3 Å². The highest BCUT2D eigenvalue weighted by molar-refractivity contribution is 5.94. The summed E-state index contributed by atoms with van der Waals surface area (Å²) in [5.41, 5.74) is 0.484. The van der Waals surface area contributed by atoms with Gasteiger partial charge in [-0.2, -0.15) is 0 Å². The van der Waals surface area contributed by atoms with Crippen LogP contribution in [0.15, 0.2) is 24.3 Å². The molecule has 5 nitrogen and oxygen atoms in total. The summed E-state index contributed by atoms with van der Waals surface area (Å²) in [5, 5.41) is 0. The summed E-state index contributed by atoms with van der Waals surface area (Å²) < 4.78 is 12.9. The smallest absolute Gasteiger partial charge is 0.253 e. The van der Waals surface area contributed by atoms with Crippen LogP contribution in [-0.2, 0) is 4.79 Å². The topological polar surface area (TPSA) is 43.9 Å². The Bertz CT molecular complexity index is 550. The van der Waals surface area contributed by atoms with Gasteiger partial charge in [0.15, 0.2) is 0 Å². The fraction of sp³-hybridized carbons (Fsp3) is 0.556. The molecule has 0 spiro atoms. The van der Waals surface area contributed by atoms with Gasteiger partial charge in [0.1, 0.15) is 5.82 Å². The van der Waals surface area contributed by atoms with Crippen LogP contribution in [0, 0.1) is 5.82 Å². The van der Waals surface area contributed by atoms with E-state index in [1.54, 1.807) is 4.90 Å². The van der Waals surface area contributed by atoms with Gasteiger partial charge in [-0.1, -0.05) is 13.8 Å². The molecule has 24 heavy (non-hydrogen) atoms.